The number of para-hydroxylation sites is 1. The fourth-order valence-electron chi connectivity index (χ4n) is 3.94. The number of fused-ring (bicyclic) bond motifs is 3. The Morgan fingerprint density at radius 3 is 2.40 bits per heavy atom. The summed E-state index contributed by atoms with van der Waals surface area (Å²) in [6, 6.07) is 20.0. The Morgan fingerprint density at radius 2 is 1.70 bits per heavy atom. The normalized spacial score (nSPS) is 19.8. The predicted octanol–water partition coefficient (Wildman–Crippen LogP) is 4.84. The molecule has 0 amide bonds. The molecular formula is C24H21FN2O3. The van der Waals surface area contributed by atoms with E-state index in [9.17, 15) is 4.39 Å². The lowest BCUT2D eigenvalue weighted by Gasteiger charge is -2.39. The van der Waals surface area contributed by atoms with Gasteiger partial charge in [-0.1, -0.05) is 24.3 Å². The molecule has 3 aromatic carbocycles. The summed E-state index contributed by atoms with van der Waals surface area (Å²) in [4.78, 5) is 0. The Hall–Kier alpha value is -3.51. The third kappa shape index (κ3) is 3.06. The second kappa shape index (κ2) is 7.39. The lowest BCUT2D eigenvalue weighted by molar-refractivity contribution is -0.0343. The highest BCUT2D eigenvalue weighted by Gasteiger charge is 2.41. The largest absolute Gasteiger partial charge is 0.497 e. The summed E-state index contributed by atoms with van der Waals surface area (Å²) >= 11 is 0. The molecule has 0 radical (unpaired) electrons. The molecule has 1 N–H and O–H groups in total. The molecule has 2 atom stereocenters. The number of nitrogens with one attached hydrogen (secondary N) is 1. The minimum absolute atomic E-state index is 0.0731. The van der Waals surface area contributed by atoms with Crippen LogP contribution in [0.15, 0.2) is 72.8 Å². The Morgan fingerprint density at radius 1 is 0.933 bits per heavy atom. The van der Waals surface area contributed by atoms with Crippen LogP contribution in [0.25, 0.3) is 5.70 Å². The average Bonchev–Trinajstić information content (AvgIpc) is 3.24. The van der Waals surface area contributed by atoms with Gasteiger partial charge in [-0.15, -0.1) is 0 Å². The molecule has 6 heteroatoms. The van der Waals surface area contributed by atoms with Gasteiger partial charge in [0.15, 0.2) is 17.7 Å². The van der Waals surface area contributed by atoms with E-state index in [-0.39, 0.29) is 11.9 Å². The Balaban J connectivity index is 1.58. The van der Waals surface area contributed by atoms with E-state index in [2.05, 4.69) is 11.5 Å². The highest BCUT2D eigenvalue weighted by molar-refractivity contribution is 5.68. The van der Waals surface area contributed by atoms with E-state index in [0.717, 1.165) is 28.1 Å². The van der Waals surface area contributed by atoms with Gasteiger partial charge in [0.25, 0.3) is 0 Å². The van der Waals surface area contributed by atoms with Gasteiger partial charge < -0.3 is 19.6 Å². The summed E-state index contributed by atoms with van der Waals surface area (Å²) in [6.07, 6.45) is 1.71. The molecule has 2 unspecified atom stereocenters. The topological polar surface area (TPSA) is 43.0 Å². The van der Waals surface area contributed by atoms with E-state index >= 15 is 0 Å². The van der Waals surface area contributed by atoms with Crippen molar-refractivity contribution in [1.82, 2.24) is 10.4 Å². The summed E-state index contributed by atoms with van der Waals surface area (Å²) in [5, 5.41) is 2.04. The van der Waals surface area contributed by atoms with E-state index in [1.165, 1.54) is 12.1 Å². The van der Waals surface area contributed by atoms with Crippen LogP contribution >= 0.6 is 0 Å². The third-order valence-electron chi connectivity index (χ3n) is 5.46. The van der Waals surface area contributed by atoms with Crippen LogP contribution in [0.4, 0.5) is 4.39 Å². The molecule has 0 fully saturated rings. The van der Waals surface area contributed by atoms with Crippen molar-refractivity contribution in [3.63, 3.8) is 0 Å². The Kier molecular flexibility index (Phi) is 4.56. The zero-order valence-corrected chi connectivity index (χ0v) is 16.6. The molecule has 2 aliphatic heterocycles. The van der Waals surface area contributed by atoms with Crippen molar-refractivity contribution in [2.24, 2.45) is 0 Å². The van der Waals surface area contributed by atoms with Crippen LogP contribution in [0.5, 0.6) is 17.2 Å². The number of hydrazine groups is 1. The van der Waals surface area contributed by atoms with Crippen molar-refractivity contribution < 1.29 is 18.6 Å². The number of halogens is 1. The summed E-state index contributed by atoms with van der Waals surface area (Å²) in [6.45, 7) is 0. The minimum Gasteiger partial charge on any atom is -0.497 e. The molecule has 152 valence electrons. The van der Waals surface area contributed by atoms with Crippen molar-refractivity contribution >= 4 is 5.70 Å². The van der Waals surface area contributed by atoms with Crippen LogP contribution in [0.3, 0.4) is 0 Å². The van der Waals surface area contributed by atoms with Gasteiger partial charge in [-0.25, -0.2) is 4.39 Å². The van der Waals surface area contributed by atoms with Gasteiger partial charge in [-0.05, 0) is 54.1 Å². The van der Waals surface area contributed by atoms with Crippen molar-refractivity contribution in [2.45, 2.75) is 12.3 Å². The van der Waals surface area contributed by atoms with Crippen molar-refractivity contribution in [3.8, 4) is 17.2 Å². The molecule has 0 spiro atoms. The molecule has 0 bridgehead atoms. The number of benzene rings is 3. The zero-order chi connectivity index (χ0) is 20.7. The van der Waals surface area contributed by atoms with Gasteiger partial charge in [-0.2, -0.15) is 5.01 Å². The zero-order valence-electron chi connectivity index (χ0n) is 16.6. The quantitative estimate of drug-likeness (QED) is 0.674. The minimum atomic E-state index is -0.452. The van der Waals surface area contributed by atoms with Gasteiger partial charge in [-0.3, -0.25) is 0 Å². The van der Waals surface area contributed by atoms with Crippen molar-refractivity contribution in [3.05, 3.63) is 95.3 Å². The van der Waals surface area contributed by atoms with Crippen LogP contribution in [-0.2, 0) is 0 Å². The van der Waals surface area contributed by atoms with Crippen LogP contribution in [0.1, 0.15) is 29.0 Å². The summed E-state index contributed by atoms with van der Waals surface area (Å²) in [7, 11) is 3.28. The molecule has 5 nitrogen and oxygen atoms in total. The smallest absolute Gasteiger partial charge is 0.196 e. The Labute approximate surface area is 174 Å². The molecule has 30 heavy (non-hydrogen) atoms. The summed E-state index contributed by atoms with van der Waals surface area (Å²) < 4.78 is 30.7. The third-order valence-corrected chi connectivity index (χ3v) is 5.46. The van der Waals surface area contributed by atoms with Crippen molar-refractivity contribution in [2.75, 3.05) is 14.2 Å². The molecule has 3 aromatic rings. The van der Waals surface area contributed by atoms with Crippen molar-refractivity contribution in [1.29, 1.82) is 0 Å². The average molecular weight is 404 g/mol. The van der Waals surface area contributed by atoms with Gasteiger partial charge >= 0.3 is 0 Å². The molecule has 5 rings (SSSR count). The number of ether oxygens (including phenoxy) is 3. The first-order valence-electron chi connectivity index (χ1n) is 9.68. The first kappa shape index (κ1) is 18.5. The maximum absolute atomic E-state index is 13.5. The van der Waals surface area contributed by atoms with Gasteiger partial charge in [0.05, 0.1) is 26.0 Å². The molecule has 0 saturated carbocycles. The SMILES string of the molecule is COc1ccc(C2=CC3c4cccc(OC)c4OC(c4ccc(F)cc4)N3N2)cc1. The Bertz CT molecular complexity index is 1100. The van der Waals surface area contributed by atoms with Crippen LogP contribution in [0.2, 0.25) is 0 Å². The van der Waals surface area contributed by atoms with E-state index in [0.29, 0.717) is 11.5 Å². The number of hydrogen-bond acceptors (Lipinski definition) is 5. The number of methoxy groups -OCH3 is 2. The van der Waals surface area contributed by atoms with Crippen LogP contribution in [-0.4, -0.2) is 19.2 Å². The lowest BCUT2D eigenvalue weighted by atomic mass is 10.00. The molecule has 0 saturated heterocycles. The standard InChI is InChI=1S/C24H21FN2O3/c1-28-18-12-8-15(9-13-18)20-14-21-19-4-3-5-22(29-2)23(19)30-24(27(21)26-20)16-6-10-17(25)11-7-16/h3-14,21,24,26H,1-2H3. The maximum atomic E-state index is 13.5. The molecule has 2 heterocycles. The second-order valence-corrected chi connectivity index (χ2v) is 7.17. The molecule has 2 aliphatic rings. The second-order valence-electron chi connectivity index (χ2n) is 7.17. The first-order chi connectivity index (χ1) is 14.7. The van der Waals surface area contributed by atoms with E-state index in [1.807, 2.05) is 47.5 Å². The summed E-state index contributed by atoms with van der Waals surface area (Å²) in [5.41, 5.74) is 7.33. The predicted molar refractivity (Wildman–Crippen MR) is 111 cm³/mol. The summed E-state index contributed by atoms with van der Waals surface area (Å²) in [5.74, 6) is 1.89. The molecular weight excluding hydrogens is 383 g/mol. The van der Waals surface area contributed by atoms with Crippen LogP contribution in [0, 0.1) is 5.82 Å². The highest BCUT2D eigenvalue weighted by Crippen LogP contribution is 2.49. The lowest BCUT2D eigenvalue weighted by Crippen LogP contribution is -2.43. The van der Waals surface area contributed by atoms with Crippen LogP contribution < -0.4 is 19.6 Å². The van der Waals surface area contributed by atoms with Gasteiger partial charge in [0, 0.05) is 11.1 Å². The first-order valence-corrected chi connectivity index (χ1v) is 9.68. The number of nitrogens with zero attached hydrogens (tertiary/aromatic N) is 1. The van der Waals surface area contributed by atoms with Gasteiger partial charge in [0.1, 0.15) is 11.6 Å². The van der Waals surface area contributed by atoms with E-state index in [4.69, 9.17) is 14.2 Å². The maximum Gasteiger partial charge on any atom is 0.196 e. The number of rotatable bonds is 4. The van der Waals surface area contributed by atoms with Gasteiger partial charge in [0.2, 0.25) is 0 Å². The highest BCUT2D eigenvalue weighted by atomic mass is 19.1. The van der Waals surface area contributed by atoms with E-state index in [1.54, 1.807) is 26.4 Å². The molecule has 0 aliphatic carbocycles. The number of hydrogen-bond donors (Lipinski definition) is 1. The monoisotopic (exact) mass is 404 g/mol. The fraction of sp³-hybridized carbons (Fsp3) is 0.167. The molecule has 0 aromatic heterocycles. The van der Waals surface area contributed by atoms with E-state index < -0.39 is 6.23 Å². The fourth-order valence-corrected chi connectivity index (χ4v) is 3.94.